The molecule has 0 fully saturated rings. The number of aliphatic carboxylic acids is 1. The number of nitrogens with zero attached hydrogens (tertiary/aromatic N) is 3. The van der Waals surface area contributed by atoms with Crippen LogP contribution in [-0.4, -0.2) is 33.0 Å². The number of hydrogen-bond donors (Lipinski definition) is 1. The second-order valence-electron chi connectivity index (χ2n) is 4.07. The Bertz CT molecular complexity index is 549. The van der Waals surface area contributed by atoms with Gasteiger partial charge < -0.3 is 14.4 Å². The van der Waals surface area contributed by atoms with Crippen LogP contribution in [0.3, 0.4) is 0 Å². The summed E-state index contributed by atoms with van der Waals surface area (Å²) in [5.74, 6) is 0.716. The molecule has 2 rings (SSSR count). The number of carboxylic acid groups (broad SMARTS) is 1. The molecule has 6 heteroatoms. The molecule has 1 aromatic carbocycles. The maximum Gasteiger partial charge on any atom is 0.303 e. The van der Waals surface area contributed by atoms with Crippen molar-refractivity contribution in [1.29, 1.82) is 0 Å². The standard InChI is InChI=1S/C13H15N3O3/c1-19-11-6-4-10(5-7-11)13-15-14-9-16(13)8-2-3-12(17)18/h4-7,9H,2-3,8H2,1H3,(H,17,18). The first-order valence-electron chi connectivity index (χ1n) is 5.94. The fourth-order valence-corrected chi connectivity index (χ4v) is 1.78. The van der Waals surface area contributed by atoms with Crippen LogP contribution in [0.4, 0.5) is 0 Å². The van der Waals surface area contributed by atoms with E-state index in [4.69, 9.17) is 9.84 Å². The Morgan fingerprint density at radius 2 is 2.11 bits per heavy atom. The van der Waals surface area contributed by atoms with Crippen LogP contribution >= 0.6 is 0 Å². The third-order valence-electron chi connectivity index (χ3n) is 2.75. The van der Waals surface area contributed by atoms with Crippen molar-refractivity contribution >= 4 is 5.97 Å². The lowest BCUT2D eigenvalue weighted by molar-refractivity contribution is -0.137. The Hall–Kier alpha value is -2.37. The van der Waals surface area contributed by atoms with Crippen molar-refractivity contribution in [3.8, 4) is 17.1 Å². The minimum Gasteiger partial charge on any atom is -0.497 e. The van der Waals surface area contributed by atoms with E-state index >= 15 is 0 Å². The first kappa shape index (κ1) is 13.1. The van der Waals surface area contributed by atoms with Crippen LogP contribution in [0.5, 0.6) is 5.75 Å². The topological polar surface area (TPSA) is 77.2 Å². The first-order valence-corrected chi connectivity index (χ1v) is 5.94. The molecule has 0 aliphatic carbocycles. The molecule has 1 N–H and O–H groups in total. The Labute approximate surface area is 110 Å². The van der Waals surface area contributed by atoms with Crippen molar-refractivity contribution in [2.75, 3.05) is 7.11 Å². The fourth-order valence-electron chi connectivity index (χ4n) is 1.78. The lowest BCUT2D eigenvalue weighted by Gasteiger charge is -2.06. The zero-order valence-electron chi connectivity index (χ0n) is 10.6. The number of ether oxygens (including phenoxy) is 1. The molecule has 0 radical (unpaired) electrons. The van der Waals surface area contributed by atoms with Gasteiger partial charge in [0.05, 0.1) is 7.11 Å². The van der Waals surface area contributed by atoms with Crippen molar-refractivity contribution in [3.63, 3.8) is 0 Å². The van der Waals surface area contributed by atoms with E-state index in [0.29, 0.717) is 13.0 Å². The molecule has 0 saturated carbocycles. The molecular weight excluding hydrogens is 246 g/mol. The third-order valence-corrected chi connectivity index (χ3v) is 2.75. The number of aromatic nitrogens is 3. The summed E-state index contributed by atoms with van der Waals surface area (Å²) in [5.41, 5.74) is 0.925. The van der Waals surface area contributed by atoms with E-state index in [1.807, 2.05) is 28.8 Å². The molecule has 2 aromatic rings. The predicted octanol–water partition coefficient (Wildman–Crippen LogP) is 1.82. The number of carboxylic acids is 1. The zero-order chi connectivity index (χ0) is 13.7. The van der Waals surface area contributed by atoms with Gasteiger partial charge in [0.2, 0.25) is 0 Å². The van der Waals surface area contributed by atoms with Gasteiger partial charge in [0.25, 0.3) is 0 Å². The summed E-state index contributed by atoms with van der Waals surface area (Å²) in [6.45, 7) is 0.584. The van der Waals surface area contributed by atoms with E-state index in [2.05, 4.69) is 10.2 Å². The number of benzene rings is 1. The van der Waals surface area contributed by atoms with Gasteiger partial charge in [-0.15, -0.1) is 10.2 Å². The molecule has 19 heavy (non-hydrogen) atoms. The smallest absolute Gasteiger partial charge is 0.303 e. The van der Waals surface area contributed by atoms with Crippen LogP contribution in [0, 0.1) is 0 Å². The minimum absolute atomic E-state index is 0.139. The number of rotatable bonds is 6. The van der Waals surface area contributed by atoms with Crippen LogP contribution < -0.4 is 4.74 Å². The summed E-state index contributed by atoms with van der Waals surface area (Å²) in [4.78, 5) is 10.5. The average molecular weight is 261 g/mol. The van der Waals surface area contributed by atoms with Crippen molar-refractivity contribution in [3.05, 3.63) is 30.6 Å². The Morgan fingerprint density at radius 3 is 2.74 bits per heavy atom. The van der Waals surface area contributed by atoms with Gasteiger partial charge in [-0.25, -0.2) is 0 Å². The summed E-state index contributed by atoms with van der Waals surface area (Å²) in [7, 11) is 1.61. The molecule has 0 spiro atoms. The van der Waals surface area contributed by atoms with Crippen molar-refractivity contribution < 1.29 is 14.6 Å². The second-order valence-corrected chi connectivity index (χ2v) is 4.07. The van der Waals surface area contributed by atoms with Crippen LogP contribution in [0.2, 0.25) is 0 Å². The summed E-state index contributed by atoms with van der Waals surface area (Å²) in [6, 6.07) is 7.50. The van der Waals surface area contributed by atoms with Crippen molar-refractivity contribution in [2.45, 2.75) is 19.4 Å². The van der Waals surface area contributed by atoms with Crippen LogP contribution in [0.25, 0.3) is 11.4 Å². The minimum atomic E-state index is -0.793. The molecule has 0 amide bonds. The van der Waals surface area contributed by atoms with E-state index in [1.165, 1.54) is 0 Å². The highest BCUT2D eigenvalue weighted by molar-refractivity contribution is 5.66. The molecule has 100 valence electrons. The van der Waals surface area contributed by atoms with Crippen LogP contribution in [-0.2, 0) is 11.3 Å². The van der Waals surface area contributed by atoms with Gasteiger partial charge in [-0.05, 0) is 30.7 Å². The van der Waals surface area contributed by atoms with E-state index < -0.39 is 5.97 Å². The van der Waals surface area contributed by atoms with E-state index in [9.17, 15) is 4.79 Å². The molecule has 1 heterocycles. The molecule has 0 aliphatic rings. The molecule has 0 saturated heterocycles. The van der Waals surface area contributed by atoms with Crippen LogP contribution in [0.15, 0.2) is 30.6 Å². The lowest BCUT2D eigenvalue weighted by Crippen LogP contribution is -2.03. The van der Waals surface area contributed by atoms with E-state index in [0.717, 1.165) is 17.1 Å². The molecular formula is C13H15N3O3. The number of hydrogen-bond acceptors (Lipinski definition) is 4. The van der Waals surface area contributed by atoms with E-state index in [-0.39, 0.29) is 6.42 Å². The number of carbonyl (C=O) groups is 1. The quantitative estimate of drug-likeness (QED) is 0.858. The van der Waals surface area contributed by atoms with Crippen LogP contribution in [0.1, 0.15) is 12.8 Å². The zero-order valence-corrected chi connectivity index (χ0v) is 10.6. The van der Waals surface area contributed by atoms with Gasteiger partial charge >= 0.3 is 5.97 Å². The van der Waals surface area contributed by atoms with Gasteiger partial charge in [0.1, 0.15) is 12.1 Å². The highest BCUT2D eigenvalue weighted by Crippen LogP contribution is 2.20. The third kappa shape index (κ3) is 3.31. The fraction of sp³-hybridized carbons (Fsp3) is 0.308. The molecule has 0 bridgehead atoms. The SMILES string of the molecule is COc1ccc(-c2nncn2CCCC(=O)O)cc1. The Morgan fingerprint density at radius 1 is 1.37 bits per heavy atom. The van der Waals surface area contributed by atoms with Crippen molar-refractivity contribution in [1.82, 2.24) is 14.8 Å². The average Bonchev–Trinajstić information content (AvgIpc) is 2.87. The largest absolute Gasteiger partial charge is 0.497 e. The molecule has 0 aliphatic heterocycles. The Balaban J connectivity index is 2.11. The molecule has 0 unspecified atom stereocenters. The van der Waals surface area contributed by atoms with Crippen molar-refractivity contribution in [2.24, 2.45) is 0 Å². The summed E-state index contributed by atoms with van der Waals surface area (Å²) in [5, 5.41) is 16.6. The second kappa shape index (κ2) is 5.99. The highest BCUT2D eigenvalue weighted by atomic mass is 16.5. The van der Waals surface area contributed by atoms with E-state index in [1.54, 1.807) is 13.4 Å². The lowest BCUT2D eigenvalue weighted by atomic mass is 10.2. The summed E-state index contributed by atoms with van der Waals surface area (Å²) < 4.78 is 6.95. The van der Waals surface area contributed by atoms with Gasteiger partial charge in [-0.3, -0.25) is 4.79 Å². The molecule has 6 nitrogen and oxygen atoms in total. The van der Waals surface area contributed by atoms with Gasteiger partial charge in [0.15, 0.2) is 5.82 Å². The molecule has 1 aromatic heterocycles. The number of methoxy groups -OCH3 is 1. The normalized spacial score (nSPS) is 10.4. The predicted molar refractivity (Wildman–Crippen MR) is 68.9 cm³/mol. The highest BCUT2D eigenvalue weighted by Gasteiger charge is 2.07. The summed E-state index contributed by atoms with van der Waals surface area (Å²) in [6.07, 6.45) is 2.30. The van der Waals surface area contributed by atoms with Gasteiger partial charge in [0, 0.05) is 18.5 Å². The number of aryl methyl sites for hydroxylation is 1. The first-order chi connectivity index (χ1) is 9.20. The molecule has 0 atom stereocenters. The maximum absolute atomic E-state index is 10.5. The summed E-state index contributed by atoms with van der Waals surface area (Å²) >= 11 is 0. The maximum atomic E-state index is 10.5. The monoisotopic (exact) mass is 261 g/mol. The Kier molecular flexibility index (Phi) is 4.12. The van der Waals surface area contributed by atoms with Gasteiger partial charge in [-0.1, -0.05) is 0 Å². The van der Waals surface area contributed by atoms with Gasteiger partial charge in [-0.2, -0.15) is 0 Å².